The molecule has 2 heterocycles. The van der Waals surface area contributed by atoms with Gasteiger partial charge in [0.15, 0.2) is 0 Å². The minimum atomic E-state index is -0.253. The number of pyridine rings is 1. The smallest absolute Gasteiger partial charge is 0.267 e. The predicted molar refractivity (Wildman–Crippen MR) is 111 cm³/mol. The Morgan fingerprint density at radius 2 is 1.85 bits per heavy atom. The number of thiophene rings is 1. The van der Waals surface area contributed by atoms with Crippen LogP contribution in [0.3, 0.4) is 0 Å². The topological polar surface area (TPSA) is 54.4 Å². The number of nitrogens with one attached hydrogen (secondary N) is 1. The second-order valence-corrected chi connectivity index (χ2v) is 7.05. The molecule has 132 valence electrons. The zero-order chi connectivity index (χ0) is 18.6. The fourth-order valence-corrected chi connectivity index (χ4v) is 3.63. The molecule has 2 aromatic heterocycles. The molecular weight excluding hydrogens is 354 g/mol. The Morgan fingerprint density at radius 3 is 2.63 bits per heavy atom. The normalized spacial score (nSPS) is 11.1. The lowest BCUT2D eigenvalue weighted by Gasteiger charge is -2.09. The molecule has 0 bridgehead atoms. The van der Waals surface area contributed by atoms with Crippen LogP contribution in [0.25, 0.3) is 22.2 Å². The van der Waals surface area contributed by atoms with Gasteiger partial charge in [-0.3, -0.25) is 4.79 Å². The first-order valence-corrected chi connectivity index (χ1v) is 9.43. The average molecular weight is 371 g/mol. The summed E-state index contributed by atoms with van der Waals surface area (Å²) < 4.78 is 0. The average Bonchev–Trinajstić information content (AvgIpc) is 3.12. The molecule has 0 spiro atoms. The zero-order valence-corrected chi connectivity index (χ0v) is 15.5. The molecule has 0 saturated carbocycles. The fraction of sp³-hybridized carbons (Fsp3) is 0.0455. The second-order valence-electron chi connectivity index (χ2n) is 6.11. The summed E-state index contributed by atoms with van der Waals surface area (Å²) in [7, 11) is 0. The molecule has 0 aliphatic carbocycles. The van der Waals surface area contributed by atoms with Crippen LogP contribution in [0.4, 0.5) is 0 Å². The van der Waals surface area contributed by atoms with Crippen LogP contribution >= 0.6 is 11.3 Å². The van der Waals surface area contributed by atoms with Crippen molar-refractivity contribution in [3.05, 3.63) is 88.1 Å². The molecule has 0 aliphatic rings. The van der Waals surface area contributed by atoms with Crippen LogP contribution in [-0.2, 0) is 0 Å². The molecule has 27 heavy (non-hydrogen) atoms. The minimum absolute atomic E-state index is 0.253. The molecule has 0 fully saturated rings. The summed E-state index contributed by atoms with van der Waals surface area (Å²) in [5, 5.41) is 6.93. The van der Waals surface area contributed by atoms with E-state index in [1.807, 2.05) is 79.0 Å². The molecule has 5 heteroatoms. The standard InChI is InChI=1S/C22H17N3OS/c1-15-11-12-27-21(15)14-23-25-22(26)18-13-20(16-7-3-2-4-8-16)24-19-10-6-5-9-17(18)19/h2-14H,1H3,(H,25,26). The van der Waals surface area contributed by atoms with Gasteiger partial charge >= 0.3 is 0 Å². The molecule has 4 rings (SSSR count). The van der Waals surface area contributed by atoms with Gasteiger partial charge in [0.2, 0.25) is 0 Å². The third-order valence-electron chi connectivity index (χ3n) is 4.28. The summed E-state index contributed by atoms with van der Waals surface area (Å²) in [5.74, 6) is -0.253. The molecule has 1 N–H and O–H groups in total. The first kappa shape index (κ1) is 17.1. The number of benzene rings is 2. The minimum Gasteiger partial charge on any atom is -0.267 e. The van der Waals surface area contributed by atoms with E-state index >= 15 is 0 Å². The van der Waals surface area contributed by atoms with E-state index in [9.17, 15) is 4.79 Å². The van der Waals surface area contributed by atoms with Gasteiger partial charge in [-0.15, -0.1) is 11.3 Å². The number of hydrogen-bond donors (Lipinski definition) is 1. The second kappa shape index (κ2) is 7.51. The van der Waals surface area contributed by atoms with E-state index in [1.54, 1.807) is 17.6 Å². The number of carbonyl (C=O) groups is 1. The summed E-state index contributed by atoms with van der Waals surface area (Å²) in [6.07, 6.45) is 1.68. The quantitative estimate of drug-likeness (QED) is 0.404. The van der Waals surface area contributed by atoms with E-state index in [0.717, 1.165) is 32.6 Å². The molecule has 0 saturated heterocycles. The maximum Gasteiger partial charge on any atom is 0.272 e. The van der Waals surface area contributed by atoms with Gasteiger partial charge in [-0.25, -0.2) is 10.4 Å². The Hall–Kier alpha value is -3.31. The number of nitrogens with zero attached hydrogens (tertiary/aromatic N) is 2. The first-order valence-electron chi connectivity index (χ1n) is 8.55. The largest absolute Gasteiger partial charge is 0.272 e. The van der Waals surface area contributed by atoms with Crippen molar-refractivity contribution >= 4 is 34.4 Å². The zero-order valence-electron chi connectivity index (χ0n) is 14.7. The van der Waals surface area contributed by atoms with Crippen molar-refractivity contribution in [3.63, 3.8) is 0 Å². The van der Waals surface area contributed by atoms with Crippen LogP contribution < -0.4 is 5.43 Å². The van der Waals surface area contributed by atoms with Gasteiger partial charge in [0.05, 0.1) is 23.0 Å². The number of rotatable bonds is 4. The molecular formula is C22H17N3OS. The Labute approximate surface area is 161 Å². The molecule has 4 aromatic rings. The molecule has 0 radical (unpaired) electrons. The molecule has 4 nitrogen and oxygen atoms in total. The van der Waals surface area contributed by atoms with Crippen LogP contribution in [0.1, 0.15) is 20.8 Å². The van der Waals surface area contributed by atoms with Gasteiger partial charge in [-0.2, -0.15) is 5.10 Å². The van der Waals surface area contributed by atoms with Crippen molar-refractivity contribution in [2.45, 2.75) is 6.92 Å². The third kappa shape index (κ3) is 3.64. The number of hydrogen-bond acceptors (Lipinski definition) is 4. The van der Waals surface area contributed by atoms with E-state index in [4.69, 9.17) is 4.98 Å². The van der Waals surface area contributed by atoms with Crippen molar-refractivity contribution in [3.8, 4) is 11.3 Å². The lowest BCUT2D eigenvalue weighted by atomic mass is 10.0. The molecule has 0 atom stereocenters. The highest BCUT2D eigenvalue weighted by atomic mass is 32.1. The predicted octanol–water partition coefficient (Wildman–Crippen LogP) is 5.04. The fourth-order valence-electron chi connectivity index (χ4n) is 2.85. The van der Waals surface area contributed by atoms with Gasteiger partial charge in [-0.1, -0.05) is 48.5 Å². The van der Waals surface area contributed by atoms with Gasteiger partial charge in [0.25, 0.3) is 5.91 Å². The van der Waals surface area contributed by atoms with E-state index in [-0.39, 0.29) is 5.91 Å². The summed E-state index contributed by atoms with van der Waals surface area (Å²) in [5.41, 5.74) is 6.85. The summed E-state index contributed by atoms with van der Waals surface area (Å²) >= 11 is 1.59. The number of para-hydroxylation sites is 1. The van der Waals surface area contributed by atoms with Crippen molar-refractivity contribution in [2.24, 2.45) is 5.10 Å². The number of hydrazone groups is 1. The lowest BCUT2D eigenvalue weighted by Crippen LogP contribution is -2.18. The molecule has 2 aromatic carbocycles. The van der Waals surface area contributed by atoms with Crippen molar-refractivity contribution < 1.29 is 4.79 Å². The number of fused-ring (bicyclic) bond motifs is 1. The number of carbonyl (C=O) groups excluding carboxylic acids is 1. The van der Waals surface area contributed by atoms with Gasteiger partial charge in [-0.05, 0) is 36.1 Å². The van der Waals surface area contributed by atoms with Gasteiger partial charge in [0.1, 0.15) is 0 Å². The maximum atomic E-state index is 12.8. The third-order valence-corrected chi connectivity index (χ3v) is 5.23. The Balaban J connectivity index is 1.70. The maximum absolute atomic E-state index is 12.8. The Morgan fingerprint density at radius 1 is 1.07 bits per heavy atom. The highest BCUT2D eigenvalue weighted by molar-refractivity contribution is 7.11. The highest BCUT2D eigenvalue weighted by Gasteiger charge is 2.13. The van der Waals surface area contributed by atoms with Crippen LogP contribution in [0, 0.1) is 6.92 Å². The summed E-state index contributed by atoms with van der Waals surface area (Å²) in [6, 6.07) is 21.3. The van der Waals surface area contributed by atoms with E-state index in [1.165, 1.54) is 0 Å². The highest BCUT2D eigenvalue weighted by Crippen LogP contribution is 2.24. The van der Waals surface area contributed by atoms with Gasteiger partial charge in [0, 0.05) is 15.8 Å². The van der Waals surface area contributed by atoms with Crippen LogP contribution in [0.15, 0.2) is 77.2 Å². The first-order chi connectivity index (χ1) is 13.2. The number of amides is 1. The molecule has 1 amide bonds. The molecule has 0 unspecified atom stereocenters. The van der Waals surface area contributed by atoms with Crippen molar-refractivity contribution in [1.29, 1.82) is 0 Å². The van der Waals surface area contributed by atoms with Crippen LogP contribution in [-0.4, -0.2) is 17.1 Å². The summed E-state index contributed by atoms with van der Waals surface area (Å²) in [6.45, 7) is 2.02. The van der Waals surface area contributed by atoms with Crippen molar-refractivity contribution in [2.75, 3.05) is 0 Å². The van der Waals surface area contributed by atoms with Crippen molar-refractivity contribution in [1.82, 2.24) is 10.4 Å². The van der Waals surface area contributed by atoms with Gasteiger partial charge < -0.3 is 0 Å². The van der Waals surface area contributed by atoms with E-state index < -0.39 is 0 Å². The Bertz CT molecular complexity index is 1130. The monoisotopic (exact) mass is 371 g/mol. The van der Waals surface area contributed by atoms with E-state index in [0.29, 0.717) is 5.56 Å². The van der Waals surface area contributed by atoms with Crippen LogP contribution in [0.2, 0.25) is 0 Å². The number of aryl methyl sites for hydroxylation is 1. The summed E-state index contributed by atoms with van der Waals surface area (Å²) in [4.78, 5) is 18.5. The van der Waals surface area contributed by atoms with Crippen LogP contribution in [0.5, 0.6) is 0 Å². The lowest BCUT2D eigenvalue weighted by molar-refractivity contribution is 0.0956. The SMILES string of the molecule is Cc1ccsc1C=NNC(=O)c1cc(-c2ccccc2)nc2ccccc12. The molecule has 0 aliphatic heterocycles. The van der Waals surface area contributed by atoms with E-state index in [2.05, 4.69) is 10.5 Å². The number of aromatic nitrogens is 1. The Kier molecular flexibility index (Phi) is 4.77.